The number of allylic oxidation sites excluding steroid dienone is 1. The molecular weight excluding hydrogens is 186 g/mol. The largest absolute Gasteiger partial charge is 0.225 e. The van der Waals surface area contributed by atoms with Gasteiger partial charge in [0.15, 0.2) is 5.82 Å². The molecule has 3 nitrogen and oxygen atoms in total. The minimum Gasteiger partial charge on any atom is -0.225 e. The van der Waals surface area contributed by atoms with E-state index < -0.39 is 0 Å². The Bertz CT molecular complexity index is 517. The molecule has 0 atom stereocenters. The molecule has 0 aliphatic heterocycles. The molecule has 3 rings (SSSR count). The molecule has 0 N–H and O–H groups in total. The normalized spacial score (nSPS) is 13.5. The average molecular weight is 195 g/mol. The molecule has 1 aliphatic carbocycles. The van der Waals surface area contributed by atoms with Crippen LogP contribution >= 0.6 is 0 Å². The van der Waals surface area contributed by atoms with E-state index in [9.17, 15) is 0 Å². The second-order valence-electron chi connectivity index (χ2n) is 3.51. The van der Waals surface area contributed by atoms with Crippen molar-refractivity contribution in [3.05, 3.63) is 53.9 Å². The second kappa shape index (κ2) is 3.28. The van der Waals surface area contributed by atoms with Crippen molar-refractivity contribution in [3.63, 3.8) is 0 Å². The number of hydrogen-bond donors (Lipinski definition) is 0. The fourth-order valence-electron chi connectivity index (χ4n) is 1.83. The number of fused-ring (bicyclic) bond motifs is 1. The lowest BCUT2D eigenvalue weighted by Crippen LogP contribution is -1.93. The fourth-order valence-corrected chi connectivity index (χ4v) is 1.83. The maximum atomic E-state index is 4.15. The first kappa shape index (κ1) is 8.29. The van der Waals surface area contributed by atoms with Crippen molar-refractivity contribution >= 4 is 11.6 Å². The van der Waals surface area contributed by atoms with Crippen LogP contribution in [0.1, 0.15) is 17.0 Å². The molecule has 0 saturated heterocycles. The smallest absolute Gasteiger partial charge is 0.158 e. The van der Waals surface area contributed by atoms with Crippen LogP contribution in [-0.2, 0) is 6.42 Å². The molecule has 3 heteroatoms. The fraction of sp³-hybridized carbons (Fsp3) is 0.0833. The lowest BCUT2D eigenvalue weighted by atomic mass is 10.1. The Morgan fingerprint density at radius 3 is 2.60 bits per heavy atom. The molecule has 2 aromatic rings. The van der Waals surface area contributed by atoms with Crippen LogP contribution < -0.4 is 0 Å². The van der Waals surface area contributed by atoms with E-state index in [-0.39, 0.29) is 0 Å². The van der Waals surface area contributed by atoms with Gasteiger partial charge in [-0.1, -0.05) is 24.3 Å². The van der Waals surface area contributed by atoms with E-state index in [1.165, 1.54) is 29.4 Å². The van der Waals surface area contributed by atoms with Gasteiger partial charge in [0.05, 0.1) is 0 Å². The monoisotopic (exact) mass is 195 g/mol. The standard InChI is InChI=1S/C12H9N3/c1-2-4-10-6-11(5-9(10)3-1)12-14-7-13-8-15-12/h1-5,7-8H,6H2. The van der Waals surface area contributed by atoms with Crippen molar-refractivity contribution in [2.75, 3.05) is 0 Å². The average Bonchev–Trinajstić information content (AvgIpc) is 2.74. The van der Waals surface area contributed by atoms with Crippen molar-refractivity contribution in [2.24, 2.45) is 0 Å². The zero-order valence-electron chi connectivity index (χ0n) is 8.09. The van der Waals surface area contributed by atoms with Gasteiger partial charge in [-0.3, -0.25) is 0 Å². The van der Waals surface area contributed by atoms with Crippen molar-refractivity contribution < 1.29 is 0 Å². The third-order valence-corrected chi connectivity index (χ3v) is 2.55. The van der Waals surface area contributed by atoms with Gasteiger partial charge in [-0.25, -0.2) is 15.0 Å². The summed E-state index contributed by atoms with van der Waals surface area (Å²) in [5, 5.41) is 0. The highest BCUT2D eigenvalue weighted by molar-refractivity contribution is 5.86. The number of aromatic nitrogens is 3. The minimum absolute atomic E-state index is 0.779. The molecule has 15 heavy (non-hydrogen) atoms. The molecular formula is C12H9N3. The van der Waals surface area contributed by atoms with Crippen LogP contribution in [0.15, 0.2) is 36.9 Å². The Morgan fingerprint density at radius 2 is 1.80 bits per heavy atom. The number of nitrogens with zero attached hydrogens (tertiary/aromatic N) is 3. The molecule has 0 amide bonds. The topological polar surface area (TPSA) is 38.7 Å². The summed E-state index contributed by atoms with van der Waals surface area (Å²) in [5.41, 5.74) is 3.78. The van der Waals surface area contributed by atoms with Gasteiger partial charge in [0.1, 0.15) is 12.7 Å². The van der Waals surface area contributed by atoms with Crippen LogP contribution in [0.2, 0.25) is 0 Å². The summed E-state index contributed by atoms with van der Waals surface area (Å²) in [6.45, 7) is 0. The highest BCUT2D eigenvalue weighted by Gasteiger charge is 2.14. The highest BCUT2D eigenvalue weighted by Crippen LogP contribution is 2.28. The summed E-state index contributed by atoms with van der Waals surface area (Å²) in [6, 6.07) is 8.36. The number of hydrogen-bond acceptors (Lipinski definition) is 3. The van der Waals surface area contributed by atoms with Crippen molar-refractivity contribution in [1.29, 1.82) is 0 Å². The molecule has 0 unspecified atom stereocenters. The molecule has 0 saturated carbocycles. The third kappa shape index (κ3) is 1.42. The Labute approximate surface area is 87.5 Å². The Balaban J connectivity index is 2.02. The lowest BCUT2D eigenvalue weighted by molar-refractivity contribution is 1.01. The molecule has 0 bridgehead atoms. The quantitative estimate of drug-likeness (QED) is 0.698. The van der Waals surface area contributed by atoms with Gasteiger partial charge < -0.3 is 0 Å². The Hall–Kier alpha value is -2.03. The first-order valence-electron chi connectivity index (χ1n) is 4.84. The predicted molar refractivity (Wildman–Crippen MR) is 57.8 cm³/mol. The van der Waals surface area contributed by atoms with Gasteiger partial charge in [-0.15, -0.1) is 0 Å². The van der Waals surface area contributed by atoms with E-state index in [4.69, 9.17) is 0 Å². The van der Waals surface area contributed by atoms with E-state index in [1.54, 1.807) is 0 Å². The van der Waals surface area contributed by atoms with E-state index in [0.29, 0.717) is 0 Å². The van der Waals surface area contributed by atoms with Gasteiger partial charge in [0.2, 0.25) is 0 Å². The first-order chi connectivity index (χ1) is 7.43. The molecule has 0 spiro atoms. The van der Waals surface area contributed by atoms with Crippen molar-refractivity contribution in [2.45, 2.75) is 6.42 Å². The van der Waals surface area contributed by atoms with Gasteiger partial charge >= 0.3 is 0 Å². The number of benzene rings is 1. The molecule has 1 heterocycles. The summed E-state index contributed by atoms with van der Waals surface area (Å²) in [4.78, 5) is 12.1. The maximum absolute atomic E-state index is 4.15. The Morgan fingerprint density at radius 1 is 1.00 bits per heavy atom. The van der Waals surface area contributed by atoms with Crippen LogP contribution in [0.3, 0.4) is 0 Å². The van der Waals surface area contributed by atoms with E-state index in [0.717, 1.165) is 12.2 Å². The van der Waals surface area contributed by atoms with Gasteiger partial charge in [0, 0.05) is 12.0 Å². The van der Waals surface area contributed by atoms with Gasteiger partial charge in [0.25, 0.3) is 0 Å². The predicted octanol–water partition coefficient (Wildman–Crippen LogP) is 1.97. The molecule has 1 aromatic carbocycles. The van der Waals surface area contributed by atoms with E-state index >= 15 is 0 Å². The number of rotatable bonds is 1. The second-order valence-corrected chi connectivity index (χ2v) is 3.51. The first-order valence-corrected chi connectivity index (χ1v) is 4.84. The van der Waals surface area contributed by atoms with Crippen LogP contribution in [0.5, 0.6) is 0 Å². The zero-order chi connectivity index (χ0) is 10.1. The van der Waals surface area contributed by atoms with Crippen LogP contribution in [0.4, 0.5) is 0 Å². The summed E-state index contributed by atoms with van der Waals surface area (Å²) in [5.74, 6) is 0.779. The van der Waals surface area contributed by atoms with E-state index in [2.05, 4.69) is 39.2 Å². The SMILES string of the molecule is C1=C(c2ncncn2)Cc2ccccc21. The van der Waals surface area contributed by atoms with Crippen LogP contribution in [0, 0.1) is 0 Å². The summed E-state index contributed by atoms with van der Waals surface area (Å²) >= 11 is 0. The van der Waals surface area contributed by atoms with E-state index in [1.807, 2.05) is 6.07 Å². The molecule has 0 fully saturated rings. The summed E-state index contributed by atoms with van der Waals surface area (Å²) < 4.78 is 0. The summed E-state index contributed by atoms with van der Waals surface area (Å²) in [7, 11) is 0. The molecule has 72 valence electrons. The molecule has 1 aromatic heterocycles. The molecule has 1 aliphatic rings. The highest BCUT2D eigenvalue weighted by atomic mass is 15.0. The maximum Gasteiger partial charge on any atom is 0.158 e. The van der Waals surface area contributed by atoms with Gasteiger partial charge in [-0.2, -0.15) is 0 Å². The minimum atomic E-state index is 0.779. The molecule has 0 radical (unpaired) electrons. The zero-order valence-corrected chi connectivity index (χ0v) is 8.09. The third-order valence-electron chi connectivity index (χ3n) is 2.55. The van der Waals surface area contributed by atoms with Crippen LogP contribution in [0.25, 0.3) is 11.6 Å². The lowest BCUT2D eigenvalue weighted by Gasteiger charge is -1.98. The summed E-state index contributed by atoms with van der Waals surface area (Å²) in [6.07, 6.45) is 6.13. The Kier molecular flexibility index (Phi) is 1.81. The van der Waals surface area contributed by atoms with Gasteiger partial charge in [-0.05, 0) is 17.2 Å². The van der Waals surface area contributed by atoms with Crippen LogP contribution in [-0.4, -0.2) is 15.0 Å². The van der Waals surface area contributed by atoms with Crippen molar-refractivity contribution in [3.8, 4) is 0 Å². The van der Waals surface area contributed by atoms with Crippen molar-refractivity contribution in [1.82, 2.24) is 15.0 Å².